The summed E-state index contributed by atoms with van der Waals surface area (Å²) in [5, 5.41) is 9.40. The number of nitrogens with one attached hydrogen (secondary N) is 1. The second-order valence-electron chi connectivity index (χ2n) is 10.1. The highest BCUT2D eigenvalue weighted by molar-refractivity contribution is 7.18. The van der Waals surface area contributed by atoms with Crippen molar-refractivity contribution >= 4 is 44.2 Å². The zero-order chi connectivity index (χ0) is 25.5. The average molecular weight is 534 g/mol. The first-order valence-electron chi connectivity index (χ1n) is 13.4. The summed E-state index contributed by atoms with van der Waals surface area (Å²) in [6, 6.07) is 8.36. The summed E-state index contributed by atoms with van der Waals surface area (Å²) in [6.07, 6.45) is 3.44. The van der Waals surface area contributed by atoms with Gasteiger partial charge in [-0.05, 0) is 25.0 Å². The fraction of sp³-hybridized carbons (Fsp3) is 0.481. The summed E-state index contributed by atoms with van der Waals surface area (Å²) in [5.41, 5.74) is 1.96. The molecule has 3 aliphatic heterocycles. The number of H-pyrrole nitrogens is 1. The van der Waals surface area contributed by atoms with Crippen LogP contribution in [0.15, 0.2) is 30.5 Å². The maximum Gasteiger partial charge on any atom is 0.251 e. The summed E-state index contributed by atoms with van der Waals surface area (Å²) >= 11 is 1.74. The fourth-order valence-electron chi connectivity index (χ4n) is 5.66. The molecule has 11 heteroatoms. The Bertz CT molecular complexity index is 1450. The number of aromatic amines is 1. The quantitative estimate of drug-likeness (QED) is 0.418. The van der Waals surface area contributed by atoms with E-state index in [-0.39, 0.29) is 12.0 Å². The number of piperazine rings is 1. The van der Waals surface area contributed by atoms with E-state index in [1.807, 2.05) is 23.2 Å². The van der Waals surface area contributed by atoms with E-state index in [1.54, 1.807) is 11.3 Å². The highest BCUT2D eigenvalue weighted by Crippen LogP contribution is 2.36. The fourth-order valence-corrected chi connectivity index (χ4v) is 6.72. The van der Waals surface area contributed by atoms with Crippen molar-refractivity contribution in [3.8, 4) is 11.4 Å². The van der Waals surface area contributed by atoms with Crippen LogP contribution in [0.3, 0.4) is 0 Å². The molecular formula is C27H31N7O3S. The summed E-state index contributed by atoms with van der Waals surface area (Å²) in [6.45, 7) is 7.80. The predicted octanol–water partition coefficient (Wildman–Crippen LogP) is 2.89. The number of carbonyl (C=O) groups excluding carboxylic acids is 1. The molecule has 198 valence electrons. The number of carbonyl (C=O) groups is 1. The number of nitrogens with zero attached hydrogens (tertiary/aromatic N) is 6. The van der Waals surface area contributed by atoms with Gasteiger partial charge in [-0.25, -0.2) is 9.97 Å². The second-order valence-corrected chi connectivity index (χ2v) is 11.3. The Morgan fingerprint density at radius 3 is 2.74 bits per heavy atom. The largest absolute Gasteiger partial charge is 0.378 e. The van der Waals surface area contributed by atoms with Crippen LogP contribution in [0, 0.1) is 0 Å². The molecule has 0 bridgehead atoms. The van der Waals surface area contributed by atoms with Gasteiger partial charge in [-0.1, -0.05) is 12.1 Å². The summed E-state index contributed by atoms with van der Waals surface area (Å²) in [5.74, 6) is 1.86. The highest BCUT2D eigenvalue weighted by Gasteiger charge is 2.30. The van der Waals surface area contributed by atoms with Crippen LogP contribution in [-0.2, 0) is 20.8 Å². The topological polar surface area (TPSA) is 99.7 Å². The van der Waals surface area contributed by atoms with Crippen LogP contribution >= 0.6 is 11.3 Å². The van der Waals surface area contributed by atoms with Crippen LogP contribution in [-0.4, -0.2) is 101 Å². The van der Waals surface area contributed by atoms with Crippen molar-refractivity contribution in [3.05, 3.63) is 35.3 Å². The van der Waals surface area contributed by atoms with E-state index < -0.39 is 0 Å². The van der Waals surface area contributed by atoms with Crippen molar-refractivity contribution in [1.82, 2.24) is 30.0 Å². The molecule has 1 atom stereocenters. The molecule has 4 aromatic rings. The Morgan fingerprint density at radius 2 is 1.92 bits per heavy atom. The molecule has 7 rings (SSSR count). The maximum absolute atomic E-state index is 12.7. The number of fused-ring (bicyclic) bond motifs is 2. The van der Waals surface area contributed by atoms with E-state index in [9.17, 15) is 4.79 Å². The second kappa shape index (κ2) is 10.2. The average Bonchev–Trinajstić information content (AvgIpc) is 3.74. The molecule has 3 saturated heterocycles. The Kier molecular flexibility index (Phi) is 6.44. The van der Waals surface area contributed by atoms with Gasteiger partial charge in [0.2, 0.25) is 0 Å². The van der Waals surface area contributed by atoms with Crippen molar-refractivity contribution < 1.29 is 14.3 Å². The third-order valence-electron chi connectivity index (χ3n) is 7.73. The Hall–Kier alpha value is -3.12. The zero-order valence-corrected chi connectivity index (χ0v) is 22.1. The first-order chi connectivity index (χ1) is 18.7. The monoisotopic (exact) mass is 533 g/mol. The molecule has 0 saturated carbocycles. The standard InChI is InChI=1S/C27H31N7O3S/c35-27(23-5-2-12-37-23)34-8-6-32(7-9-34)17-18-15-20-25(33-10-13-36-14-11-33)29-24(30-26(20)38-18)19-3-1-4-22-21(19)16-28-31-22/h1,3-4,15-16,23H,2,5-14,17H2,(H,28,31). The van der Waals surface area contributed by atoms with Gasteiger partial charge < -0.3 is 19.3 Å². The summed E-state index contributed by atoms with van der Waals surface area (Å²) in [4.78, 5) is 31.9. The van der Waals surface area contributed by atoms with Crippen molar-refractivity contribution in [2.45, 2.75) is 25.5 Å². The molecule has 1 unspecified atom stereocenters. The number of ether oxygens (including phenoxy) is 2. The number of benzene rings is 1. The summed E-state index contributed by atoms with van der Waals surface area (Å²) in [7, 11) is 0. The van der Waals surface area contributed by atoms with Crippen molar-refractivity contribution in [2.24, 2.45) is 0 Å². The molecule has 3 aliphatic rings. The number of thiophene rings is 1. The molecule has 0 aliphatic carbocycles. The molecule has 3 fully saturated rings. The Labute approximate surface area is 224 Å². The van der Waals surface area contributed by atoms with Crippen molar-refractivity contribution in [1.29, 1.82) is 0 Å². The Morgan fingerprint density at radius 1 is 1.05 bits per heavy atom. The van der Waals surface area contributed by atoms with Crippen LogP contribution < -0.4 is 4.90 Å². The minimum atomic E-state index is -0.233. The van der Waals surface area contributed by atoms with Crippen LogP contribution in [0.25, 0.3) is 32.5 Å². The maximum atomic E-state index is 12.7. The van der Waals surface area contributed by atoms with Crippen molar-refractivity contribution in [2.75, 3.05) is 64.0 Å². The molecule has 38 heavy (non-hydrogen) atoms. The van der Waals surface area contributed by atoms with E-state index in [0.29, 0.717) is 19.8 Å². The van der Waals surface area contributed by atoms with Crippen LogP contribution in [0.2, 0.25) is 0 Å². The van der Waals surface area contributed by atoms with Gasteiger partial charge in [-0.2, -0.15) is 5.10 Å². The van der Waals surface area contributed by atoms with E-state index in [0.717, 1.165) is 97.0 Å². The SMILES string of the molecule is O=C(C1CCCO1)N1CCN(Cc2cc3c(N4CCOCC4)nc(-c4cccc5[nH]ncc45)nc3s2)CC1. The molecule has 0 radical (unpaired) electrons. The molecule has 3 aromatic heterocycles. The molecule has 1 amide bonds. The lowest BCUT2D eigenvalue weighted by atomic mass is 10.1. The number of amides is 1. The van der Waals surface area contributed by atoms with Gasteiger partial charge in [-0.15, -0.1) is 11.3 Å². The number of anilines is 1. The zero-order valence-electron chi connectivity index (χ0n) is 21.3. The molecule has 6 heterocycles. The Balaban J connectivity index is 1.16. The van der Waals surface area contributed by atoms with Gasteiger partial charge in [-0.3, -0.25) is 14.8 Å². The molecule has 10 nitrogen and oxygen atoms in total. The van der Waals surface area contributed by atoms with E-state index >= 15 is 0 Å². The number of aromatic nitrogens is 4. The van der Waals surface area contributed by atoms with Gasteiger partial charge >= 0.3 is 0 Å². The van der Waals surface area contributed by atoms with Crippen LogP contribution in [0.5, 0.6) is 0 Å². The van der Waals surface area contributed by atoms with E-state index in [1.165, 1.54) is 4.88 Å². The van der Waals surface area contributed by atoms with Crippen LogP contribution in [0.1, 0.15) is 17.7 Å². The van der Waals surface area contributed by atoms with E-state index in [2.05, 4.69) is 32.1 Å². The van der Waals surface area contributed by atoms with Crippen molar-refractivity contribution in [3.63, 3.8) is 0 Å². The van der Waals surface area contributed by atoms with E-state index in [4.69, 9.17) is 19.4 Å². The first kappa shape index (κ1) is 24.0. The first-order valence-corrected chi connectivity index (χ1v) is 14.2. The lowest BCUT2D eigenvalue weighted by molar-refractivity contribution is -0.142. The minimum absolute atomic E-state index is 0.162. The third kappa shape index (κ3) is 4.53. The number of hydrogen-bond donors (Lipinski definition) is 1. The number of hydrogen-bond acceptors (Lipinski definition) is 9. The predicted molar refractivity (Wildman–Crippen MR) is 146 cm³/mol. The van der Waals surface area contributed by atoms with Gasteiger partial charge in [0.05, 0.1) is 30.3 Å². The molecule has 1 N–H and O–H groups in total. The minimum Gasteiger partial charge on any atom is -0.378 e. The lowest BCUT2D eigenvalue weighted by Crippen LogP contribution is -2.51. The van der Waals surface area contributed by atoms with Gasteiger partial charge in [0.1, 0.15) is 16.8 Å². The highest BCUT2D eigenvalue weighted by atomic mass is 32.1. The molecule has 1 aromatic carbocycles. The van der Waals surface area contributed by atoms with Gasteiger partial charge in [0, 0.05) is 68.2 Å². The summed E-state index contributed by atoms with van der Waals surface area (Å²) < 4.78 is 11.2. The molecular weight excluding hydrogens is 502 g/mol. The van der Waals surface area contributed by atoms with Crippen LogP contribution in [0.4, 0.5) is 5.82 Å². The number of rotatable bonds is 5. The number of morpholine rings is 1. The third-order valence-corrected chi connectivity index (χ3v) is 8.74. The normalized spacial score (nSPS) is 21.1. The van der Waals surface area contributed by atoms with Gasteiger partial charge in [0.25, 0.3) is 5.91 Å². The lowest BCUT2D eigenvalue weighted by Gasteiger charge is -2.35. The smallest absolute Gasteiger partial charge is 0.251 e. The molecule has 0 spiro atoms. The van der Waals surface area contributed by atoms with Gasteiger partial charge in [0.15, 0.2) is 5.82 Å².